The van der Waals surface area contributed by atoms with Gasteiger partial charge in [-0.2, -0.15) is 5.10 Å². The highest BCUT2D eigenvalue weighted by Crippen LogP contribution is 2.18. The van der Waals surface area contributed by atoms with Crippen LogP contribution in [0.15, 0.2) is 47.3 Å². The minimum Gasteiger partial charge on any atom is -0.481 e. The first-order valence-electron chi connectivity index (χ1n) is 7.69. The van der Waals surface area contributed by atoms with Crippen LogP contribution in [0.3, 0.4) is 0 Å². The van der Waals surface area contributed by atoms with Crippen molar-refractivity contribution in [2.75, 3.05) is 13.1 Å². The molecule has 1 fully saturated rings. The number of nitrogens with zero attached hydrogens (tertiary/aromatic N) is 3. The summed E-state index contributed by atoms with van der Waals surface area (Å²) >= 11 is 0. The highest BCUT2D eigenvalue weighted by atomic mass is 35.5. The number of hydrogen-bond donors (Lipinski definition) is 1. The predicted molar refractivity (Wildman–Crippen MR) is 92.9 cm³/mol. The number of benzene rings is 1. The normalized spacial score (nSPS) is 16.3. The van der Waals surface area contributed by atoms with E-state index in [0.717, 1.165) is 5.56 Å². The highest BCUT2D eigenvalue weighted by molar-refractivity contribution is 5.92. The molecule has 1 unspecified atom stereocenters. The molecule has 2 heterocycles. The molecular formula is C17H18ClN3O4. The first-order chi connectivity index (χ1) is 11.5. The lowest BCUT2D eigenvalue weighted by molar-refractivity contribution is -0.141. The lowest BCUT2D eigenvalue weighted by Gasteiger charge is -2.15. The maximum absolute atomic E-state index is 12.5. The quantitative estimate of drug-likeness (QED) is 0.882. The Morgan fingerprint density at radius 2 is 1.88 bits per heavy atom. The Hall–Kier alpha value is -2.67. The van der Waals surface area contributed by atoms with Crippen LogP contribution in [-0.2, 0) is 11.3 Å². The van der Waals surface area contributed by atoms with Crippen molar-refractivity contribution in [2.24, 2.45) is 5.92 Å². The molecule has 1 aliphatic rings. The second-order valence-corrected chi connectivity index (χ2v) is 5.78. The summed E-state index contributed by atoms with van der Waals surface area (Å²) in [5.41, 5.74) is 0.764. The number of hydrogen-bond acceptors (Lipinski definition) is 4. The lowest BCUT2D eigenvalue weighted by Crippen LogP contribution is -2.33. The summed E-state index contributed by atoms with van der Waals surface area (Å²) in [5.74, 6) is -1.78. The third kappa shape index (κ3) is 4.24. The second kappa shape index (κ2) is 7.94. The van der Waals surface area contributed by atoms with E-state index in [-0.39, 0.29) is 42.7 Å². The van der Waals surface area contributed by atoms with Gasteiger partial charge >= 0.3 is 5.97 Å². The Morgan fingerprint density at radius 1 is 1.16 bits per heavy atom. The van der Waals surface area contributed by atoms with Crippen LogP contribution in [0.25, 0.3) is 0 Å². The van der Waals surface area contributed by atoms with Gasteiger partial charge < -0.3 is 10.0 Å². The average Bonchev–Trinajstić information content (AvgIpc) is 3.07. The summed E-state index contributed by atoms with van der Waals surface area (Å²) in [5, 5.41) is 13.2. The van der Waals surface area contributed by atoms with E-state index in [4.69, 9.17) is 5.11 Å². The van der Waals surface area contributed by atoms with Gasteiger partial charge in [0.15, 0.2) is 0 Å². The molecule has 1 amide bonds. The van der Waals surface area contributed by atoms with Crippen molar-refractivity contribution in [1.29, 1.82) is 0 Å². The molecule has 1 aliphatic heterocycles. The molecule has 3 rings (SSSR count). The number of amides is 1. The van der Waals surface area contributed by atoms with Gasteiger partial charge in [-0.15, -0.1) is 12.4 Å². The average molecular weight is 364 g/mol. The number of aromatic nitrogens is 2. The molecule has 7 nitrogen and oxygen atoms in total. The molecule has 0 spiro atoms. The molecule has 25 heavy (non-hydrogen) atoms. The minimum absolute atomic E-state index is 0. The van der Waals surface area contributed by atoms with Crippen LogP contribution >= 0.6 is 12.4 Å². The van der Waals surface area contributed by atoms with Crippen LogP contribution in [0.4, 0.5) is 0 Å². The Kier molecular flexibility index (Phi) is 5.93. The number of carboxylic acid groups (broad SMARTS) is 1. The Bertz CT molecular complexity index is 822. The van der Waals surface area contributed by atoms with E-state index in [1.807, 2.05) is 30.3 Å². The van der Waals surface area contributed by atoms with Gasteiger partial charge in [-0.3, -0.25) is 14.4 Å². The second-order valence-electron chi connectivity index (χ2n) is 5.78. The van der Waals surface area contributed by atoms with Crippen molar-refractivity contribution in [3.63, 3.8) is 0 Å². The maximum Gasteiger partial charge on any atom is 0.308 e. The molecule has 1 aromatic carbocycles. The van der Waals surface area contributed by atoms with Crippen LogP contribution in [-0.4, -0.2) is 44.8 Å². The fourth-order valence-corrected chi connectivity index (χ4v) is 2.74. The minimum atomic E-state index is -0.896. The highest BCUT2D eigenvalue weighted by Gasteiger charge is 2.31. The molecule has 8 heteroatoms. The molecule has 1 atom stereocenters. The van der Waals surface area contributed by atoms with Gasteiger partial charge in [0.25, 0.3) is 11.5 Å². The van der Waals surface area contributed by atoms with Crippen LogP contribution < -0.4 is 5.56 Å². The van der Waals surface area contributed by atoms with Crippen molar-refractivity contribution < 1.29 is 14.7 Å². The van der Waals surface area contributed by atoms with E-state index < -0.39 is 11.9 Å². The smallest absolute Gasteiger partial charge is 0.308 e. The molecule has 132 valence electrons. The van der Waals surface area contributed by atoms with E-state index in [9.17, 15) is 14.4 Å². The van der Waals surface area contributed by atoms with Crippen molar-refractivity contribution in [2.45, 2.75) is 13.0 Å². The standard InChI is InChI=1S/C17H17N3O4.ClH/c21-15-7-6-14(16(22)19-9-8-13(11-19)17(23)24)18-20(15)10-12-4-2-1-3-5-12;/h1-7,13H,8-11H2,(H,23,24);1H. The molecule has 0 bridgehead atoms. The van der Waals surface area contributed by atoms with E-state index >= 15 is 0 Å². The maximum atomic E-state index is 12.5. The van der Waals surface area contributed by atoms with Gasteiger partial charge in [0.1, 0.15) is 5.69 Å². The lowest BCUT2D eigenvalue weighted by atomic mass is 10.1. The zero-order chi connectivity index (χ0) is 17.1. The Labute approximate surface area is 150 Å². The molecular weight excluding hydrogens is 346 g/mol. The fourth-order valence-electron chi connectivity index (χ4n) is 2.74. The van der Waals surface area contributed by atoms with E-state index in [1.165, 1.54) is 21.7 Å². The van der Waals surface area contributed by atoms with Gasteiger partial charge in [-0.25, -0.2) is 4.68 Å². The fraction of sp³-hybridized carbons (Fsp3) is 0.294. The monoisotopic (exact) mass is 363 g/mol. The van der Waals surface area contributed by atoms with Gasteiger partial charge in [0.05, 0.1) is 12.5 Å². The molecule has 1 saturated heterocycles. The van der Waals surface area contributed by atoms with Crippen LogP contribution in [0.5, 0.6) is 0 Å². The first kappa shape index (κ1) is 18.7. The van der Waals surface area contributed by atoms with E-state index in [0.29, 0.717) is 13.0 Å². The summed E-state index contributed by atoms with van der Waals surface area (Å²) in [7, 11) is 0. The van der Waals surface area contributed by atoms with Gasteiger partial charge in [0.2, 0.25) is 0 Å². The van der Waals surface area contributed by atoms with Crippen molar-refractivity contribution in [3.8, 4) is 0 Å². The topological polar surface area (TPSA) is 92.5 Å². The molecule has 0 aliphatic carbocycles. The molecule has 1 N–H and O–H groups in total. The van der Waals surface area contributed by atoms with Crippen molar-refractivity contribution in [1.82, 2.24) is 14.7 Å². The number of aliphatic carboxylic acids is 1. The zero-order valence-corrected chi connectivity index (χ0v) is 14.2. The largest absolute Gasteiger partial charge is 0.481 e. The number of likely N-dealkylation sites (tertiary alicyclic amines) is 1. The van der Waals surface area contributed by atoms with Crippen LogP contribution in [0.1, 0.15) is 22.5 Å². The van der Waals surface area contributed by atoms with Crippen molar-refractivity contribution in [3.05, 3.63) is 64.1 Å². The zero-order valence-electron chi connectivity index (χ0n) is 13.4. The van der Waals surface area contributed by atoms with Crippen molar-refractivity contribution >= 4 is 24.3 Å². The molecule has 1 aromatic heterocycles. The molecule has 2 aromatic rings. The summed E-state index contributed by atoms with van der Waals surface area (Å²) in [6.45, 7) is 0.835. The molecule has 0 radical (unpaired) electrons. The van der Waals surface area contributed by atoms with Gasteiger partial charge in [-0.1, -0.05) is 30.3 Å². The summed E-state index contributed by atoms with van der Waals surface area (Å²) in [4.78, 5) is 36.9. The van der Waals surface area contributed by atoms with E-state index in [1.54, 1.807) is 0 Å². The third-order valence-electron chi connectivity index (χ3n) is 4.09. The number of halogens is 1. The van der Waals surface area contributed by atoms with Gasteiger partial charge in [-0.05, 0) is 18.1 Å². The third-order valence-corrected chi connectivity index (χ3v) is 4.09. The summed E-state index contributed by atoms with van der Waals surface area (Å²) in [6, 6.07) is 12.1. The van der Waals surface area contributed by atoms with Crippen LogP contribution in [0, 0.1) is 5.92 Å². The number of rotatable bonds is 4. The SMILES string of the molecule is Cl.O=C(O)C1CCN(C(=O)c2ccc(=O)n(Cc3ccccc3)n2)C1. The van der Waals surface area contributed by atoms with Crippen LogP contribution in [0.2, 0.25) is 0 Å². The molecule has 0 saturated carbocycles. The summed E-state index contributed by atoms with van der Waals surface area (Å²) in [6.07, 6.45) is 0.435. The summed E-state index contributed by atoms with van der Waals surface area (Å²) < 4.78 is 1.24. The number of carboxylic acids is 1. The Balaban J connectivity index is 0.00000225. The number of carbonyl (C=O) groups excluding carboxylic acids is 1. The number of carbonyl (C=O) groups is 2. The van der Waals surface area contributed by atoms with E-state index in [2.05, 4.69) is 5.10 Å². The van der Waals surface area contributed by atoms with Gasteiger partial charge in [0, 0.05) is 19.2 Å². The Morgan fingerprint density at radius 3 is 2.52 bits per heavy atom. The predicted octanol–water partition coefficient (Wildman–Crippen LogP) is 1.26. The first-order valence-corrected chi connectivity index (χ1v) is 7.69.